The number of hydrogen-bond acceptors (Lipinski definition) is 9. The predicted octanol–water partition coefficient (Wildman–Crippen LogP) is 5.48. The first kappa shape index (κ1) is 28.8. The van der Waals surface area contributed by atoms with E-state index in [1.807, 2.05) is 25.1 Å². The van der Waals surface area contributed by atoms with Gasteiger partial charge in [0.05, 0.1) is 43.3 Å². The van der Waals surface area contributed by atoms with E-state index in [9.17, 15) is 14.0 Å². The summed E-state index contributed by atoms with van der Waals surface area (Å²) in [4.78, 5) is 29.6. The summed E-state index contributed by atoms with van der Waals surface area (Å²) < 4.78 is 36.4. The number of fused-ring (bicyclic) bond motifs is 1. The molecule has 0 spiro atoms. The number of carbonyl (C=O) groups excluding carboxylic acids is 2. The molecule has 1 aromatic heterocycles. The summed E-state index contributed by atoms with van der Waals surface area (Å²) in [5.41, 5.74) is 3.62. The Kier molecular flexibility index (Phi) is 8.25. The molecule has 12 heteroatoms. The minimum Gasteiger partial charge on any atom is -0.493 e. The number of hydrogen-bond donors (Lipinski definition) is 1. The van der Waals surface area contributed by atoms with E-state index in [2.05, 4.69) is 15.4 Å². The number of carbonyl (C=O) groups is 2. The highest BCUT2D eigenvalue weighted by molar-refractivity contribution is 7.22. The van der Waals surface area contributed by atoms with Crippen LogP contribution in [0.1, 0.15) is 36.1 Å². The van der Waals surface area contributed by atoms with Crippen molar-refractivity contribution in [2.75, 3.05) is 33.3 Å². The van der Waals surface area contributed by atoms with Crippen molar-refractivity contribution in [2.45, 2.75) is 26.3 Å². The maximum atomic E-state index is 13.5. The summed E-state index contributed by atoms with van der Waals surface area (Å²) in [5.74, 6) is 0.931. The summed E-state index contributed by atoms with van der Waals surface area (Å²) in [7, 11) is 4.61. The molecule has 1 unspecified atom stereocenters. The molecule has 1 aliphatic rings. The van der Waals surface area contributed by atoms with Crippen molar-refractivity contribution in [3.63, 3.8) is 0 Å². The van der Waals surface area contributed by atoms with Gasteiger partial charge < -0.3 is 18.9 Å². The number of ether oxygens (including phenoxy) is 4. The van der Waals surface area contributed by atoms with Crippen LogP contribution in [-0.4, -0.2) is 55.5 Å². The average molecular weight is 593 g/mol. The van der Waals surface area contributed by atoms with Gasteiger partial charge in [-0.05, 0) is 54.4 Å². The second-order valence-electron chi connectivity index (χ2n) is 9.54. The zero-order valence-electron chi connectivity index (χ0n) is 23.7. The highest BCUT2D eigenvalue weighted by Crippen LogP contribution is 2.41. The maximum absolute atomic E-state index is 13.5. The van der Waals surface area contributed by atoms with E-state index < -0.39 is 11.9 Å². The normalized spacial score (nSPS) is 14.5. The topological polar surface area (TPSA) is 112 Å². The SMILES string of the molecule is COc1cc(C2=NN(C(C)=O)C(c3ccc(C)c(OCC(=O)Nc4nc5ccc(F)cc5s4)c3)C2)cc(OC)c1OC. The first-order valence-corrected chi connectivity index (χ1v) is 13.8. The van der Waals surface area contributed by atoms with Crippen LogP contribution in [0.5, 0.6) is 23.0 Å². The third-order valence-electron chi connectivity index (χ3n) is 6.78. The van der Waals surface area contributed by atoms with Gasteiger partial charge in [-0.25, -0.2) is 14.4 Å². The molecule has 0 radical (unpaired) electrons. The molecular formula is C30H29FN4O6S. The Morgan fingerprint density at radius 1 is 1.02 bits per heavy atom. The van der Waals surface area contributed by atoms with Crippen LogP contribution in [0.4, 0.5) is 9.52 Å². The van der Waals surface area contributed by atoms with Crippen molar-refractivity contribution in [3.05, 3.63) is 71.0 Å². The lowest BCUT2D eigenvalue weighted by Gasteiger charge is -2.21. The van der Waals surface area contributed by atoms with Crippen molar-refractivity contribution < 1.29 is 32.9 Å². The number of nitrogens with one attached hydrogen (secondary N) is 1. The fourth-order valence-corrected chi connectivity index (χ4v) is 5.62. The van der Waals surface area contributed by atoms with Crippen molar-refractivity contribution in [1.29, 1.82) is 0 Å². The average Bonchev–Trinajstić information content (AvgIpc) is 3.60. The summed E-state index contributed by atoms with van der Waals surface area (Å²) in [6.07, 6.45) is 0.430. The van der Waals surface area contributed by atoms with Crippen LogP contribution >= 0.6 is 11.3 Å². The van der Waals surface area contributed by atoms with Gasteiger partial charge in [0.15, 0.2) is 23.2 Å². The molecule has 42 heavy (non-hydrogen) atoms. The van der Waals surface area contributed by atoms with Gasteiger partial charge >= 0.3 is 0 Å². The van der Waals surface area contributed by atoms with Crippen molar-refractivity contribution in [1.82, 2.24) is 9.99 Å². The fourth-order valence-electron chi connectivity index (χ4n) is 4.71. The quantitative estimate of drug-likeness (QED) is 0.274. The van der Waals surface area contributed by atoms with E-state index >= 15 is 0 Å². The zero-order valence-corrected chi connectivity index (χ0v) is 24.5. The number of thiazole rings is 1. The Balaban J connectivity index is 1.33. The molecule has 0 saturated heterocycles. The number of methoxy groups -OCH3 is 3. The summed E-state index contributed by atoms with van der Waals surface area (Å²) in [6, 6.07) is 13.1. The van der Waals surface area contributed by atoms with Gasteiger partial charge in [0.2, 0.25) is 11.7 Å². The molecule has 0 aliphatic carbocycles. The van der Waals surface area contributed by atoms with E-state index in [0.717, 1.165) is 16.7 Å². The predicted molar refractivity (Wildman–Crippen MR) is 157 cm³/mol. The summed E-state index contributed by atoms with van der Waals surface area (Å²) in [6.45, 7) is 3.07. The Hall–Kier alpha value is -4.71. The van der Waals surface area contributed by atoms with Gasteiger partial charge in [0.25, 0.3) is 5.91 Å². The monoisotopic (exact) mass is 592 g/mol. The Morgan fingerprint density at radius 2 is 1.76 bits per heavy atom. The molecule has 2 heterocycles. The lowest BCUT2D eigenvalue weighted by Crippen LogP contribution is -2.24. The van der Waals surface area contributed by atoms with Gasteiger partial charge in [-0.2, -0.15) is 5.10 Å². The molecule has 0 bridgehead atoms. The number of benzene rings is 3. The first-order valence-electron chi connectivity index (χ1n) is 13.0. The van der Waals surface area contributed by atoms with Crippen LogP contribution in [0.3, 0.4) is 0 Å². The van der Waals surface area contributed by atoms with Gasteiger partial charge in [-0.3, -0.25) is 14.9 Å². The molecule has 4 aromatic rings. The van der Waals surface area contributed by atoms with Crippen LogP contribution in [-0.2, 0) is 9.59 Å². The minimum atomic E-state index is -0.404. The number of amides is 2. The van der Waals surface area contributed by atoms with E-state index in [1.165, 1.54) is 56.7 Å². The van der Waals surface area contributed by atoms with E-state index in [1.54, 1.807) is 18.2 Å². The number of nitrogens with zero attached hydrogens (tertiary/aromatic N) is 3. The number of aromatic nitrogens is 1. The lowest BCUT2D eigenvalue weighted by atomic mass is 9.97. The van der Waals surface area contributed by atoms with E-state index in [-0.39, 0.29) is 18.3 Å². The van der Waals surface area contributed by atoms with Crippen molar-refractivity contribution in [3.8, 4) is 23.0 Å². The van der Waals surface area contributed by atoms with Crippen LogP contribution in [0, 0.1) is 12.7 Å². The summed E-state index contributed by atoms with van der Waals surface area (Å²) in [5, 5.41) is 9.13. The third kappa shape index (κ3) is 5.84. The molecule has 5 rings (SSSR count). The molecule has 1 aliphatic heterocycles. The Bertz CT molecular complexity index is 1680. The second kappa shape index (κ2) is 12.0. The van der Waals surface area contributed by atoms with Crippen LogP contribution in [0.2, 0.25) is 0 Å². The summed E-state index contributed by atoms with van der Waals surface area (Å²) >= 11 is 1.18. The Labute approximate surface area is 245 Å². The third-order valence-corrected chi connectivity index (χ3v) is 7.72. The fraction of sp³-hybridized carbons (Fsp3) is 0.267. The Morgan fingerprint density at radius 3 is 2.43 bits per heavy atom. The molecule has 1 N–H and O–H groups in total. The number of hydrazone groups is 1. The van der Waals surface area contributed by atoms with Crippen LogP contribution < -0.4 is 24.3 Å². The standard InChI is InChI=1S/C30H29FN4O6S/c1-16-6-7-18(10-24(16)41-15-28(37)33-30-32-21-9-8-20(31)13-27(21)42-30)23-14-22(34-35(23)17(2)36)19-11-25(38-3)29(40-5)26(12-19)39-4/h6-13,23H,14-15H2,1-5H3,(H,32,33,37). The highest BCUT2D eigenvalue weighted by atomic mass is 32.1. The van der Waals surface area contributed by atoms with E-state index in [0.29, 0.717) is 50.5 Å². The smallest absolute Gasteiger partial charge is 0.264 e. The minimum absolute atomic E-state index is 0.222. The highest BCUT2D eigenvalue weighted by Gasteiger charge is 2.33. The maximum Gasteiger partial charge on any atom is 0.264 e. The molecule has 3 aromatic carbocycles. The largest absolute Gasteiger partial charge is 0.493 e. The van der Waals surface area contributed by atoms with Crippen molar-refractivity contribution >= 4 is 44.2 Å². The van der Waals surface area contributed by atoms with Crippen LogP contribution in [0.15, 0.2) is 53.6 Å². The van der Waals surface area contributed by atoms with Crippen molar-refractivity contribution in [2.24, 2.45) is 5.10 Å². The number of rotatable bonds is 9. The molecule has 1 atom stereocenters. The van der Waals surface area contributed by atoms with E-state index in [4.69, 9.17) is 18.9 Å². The first-order chi connectivity index (χ1) is 20.2. The molecule has 0 saturated carbocycles. The van der Waals surface area contributed by atoms with Gasteiger partial charge in [0, 0.05) is 18.9 Å². The number of aryl methyl sites for hydroxylation is 1. The molecular weight excluding hydrogens is 563 g/mol. The zero-order chi connectivity index (χ0) is 30.0. The second-order valence-corrected chi connectivity index (χ2v) is 10.6. The molecule has 0 fully saturated rings. The van der Waals surface area contributed by atoms with Gasteiger partial charge in [-0.1, -0.05) is 23.5 Å². The molecule has 10 nitrogen and oxygen atoms in total. The number of halogens is 1. The molecule has 218 valence electrons. The molecule has 2 amide bonds. The number of anilines is 1. The van der Waals surface area contributed by atoms with Gasteiger partial charge in [0.1, 0.15) is 11.6 Å². The van der Waals surface area contributed by atoms with Gasteiger partial charge in [-0.15, -0.1) is 0 Å². The lowest BCUT2D eigenvalue weighted by molar-refractivity contribution is -0.130. The van der Waals surface area contributed by atoms with Crippen LogP contribution in [0.25, 0.3) is 10.2 Å².